The van der Waals surface area contributed by atoms with Crippen LogP contribution in [0, 0.1) is 0 Å². The predicted octanol–water partition coefficient (Wildman–Crippen LogP) is -1.34. The van der Waals surface area contributed by atoms with Gasteiger partial charge in [0.2, 0.25) is 0 Å². The molecule has 0 aromatic heterocycles. The van der Waals surface area contributed by atoms with Crippen LogP contribution < -0.4 is 0 Å². The number of rotatable bonds is 3. The topological polar surface area (TPSA) is 185 Å². The first-order valence-electron chi connectivity index (χ1n) is 6.83. The Balaban J connectivity index is 2.22. The number of benzene rings is 1. The summed E-state index contributed by atoms with van der Waals surface area (Å²) in [7, 11) is 0. The Morgan fingerprint density at radius 2 is 1.62 bits per heavy atom. The van der Waals surface area contributed by atoms with E-state index in [9.17, 15) is 40.2 Å². The smallest absolute Gasteiger partial charge is 0.338 e. The quantitative estimate of drug-likeness (QED) is 0.256. The number of carbonyl (C=O) groups excluding carboxylic acids is 1. The van der Waals surface area contributed by atoms with Crippen LogP contribution in [0.1, 0.15) is 23.2 Å². The molecule has 0 aliphatic heterocycles. The van der Waals surface area contributed by atoms with Crippen molar-refractivity contribution in [1.29, 1.82) is 0 Å². The van der Waals surface area contributed by atoms with Crippen molar-refractivity contribution in [2.24, 2.45) is 0 Å². The number of phenols is 3. The van der Waals surface area contributed by atoms with E-state index in [0.717, 1.165) is 12.1 Å². The van der Waals surface area contributed by atoms with Crippen molar-refractivity contribution >= 4 is 11.9 Å². The van der Waals surface area contributed by atoms with E-state index in [1.165, 1.54) is 0 Å². The maximum Gasteiger partial charge on any atom is 0.338 e. The number of aliphatic hydroxyl groups excluding tert-OH is 2. The molecule has 1 fully saturated rings. The molecule has 0 saturated heterocycles. The molecule has 0 unspecified atom stereocenters. The van der Waals surface area contributed by atoms with Gasteiger partial charge in [-0.05, 0) is 12.1 Å². The van der Waals surface area contributed by atoms with E-state index in [4.69, 9.17) is 9.84 Å². The number of phenolic OH excluding ortho intramolecular Hbond substituents is 3. The lowest BCUT2D eigenvalue weighted by Gasteiger charge is -2.39. The van der Waals surface area contributed by atoms with E-state index < -0.39 is 71.5 Å². The minimum Gasteiger partial charge on any atom is -0.504 e. The van der Waals surface area contributed by atoms with Gasteiger partial charge in [-0.1, -0.05) is 0 Å². The molecule has 4 atom stereocenters. The maximum absolute atomic E-state index is 12.0. The van der Waals surface area contributed by atoms with Gasteiger partial charge in [0.15, 0.2) is 22.8 Å². The van der Waals surface area contributed by atoms with Gasteiger partial charge in [-0.25, -0.2) is 9.59 Å². The van der Waals surface area contributed by atoms with Crippen molar-refractivity contribution in [3.05, 3.63) is 17.7 Å². The van der Waals surface area contributed by atoms with E-state index in [-0.39, 0.29) is 0 Å². The van der Waals surface area contributed by atoms with Crippen molar-refractivity contribution in [3.63, 3.8) is 0 Å². The molecule has 0 bridgehead atoms. The van der Waals surface area contributed by atoms with Gasteiger partial charge in [-0.15, -0.1) is 0 Å². The SMILES string of the molecule is O=C(O[C@@H]1C[C@](O)(C(=O)O)C[C@H](O)[C@H]1O)c1cc(O)c(O)c(O)c1. The number of esters is 1. The Bertz CT molecular complexity index is 649. The summed E-state index contributed by atoms with van der Waals surface area (Å²) >= 11 is 0. The summed E-state index contributed by atoms with van der Waals surface area (Å²) in [5.74, 6) is -5.26. The second-order valence-corrected chi connectivity index (χ2v) is 5.61. The highest BCUT2D eigenvalue weighted by atomic mass is 16.6. The summed E-state index contributed by atoms with van der Waals surface area (Å²) in [4.78, 5) is 23.1. The fraction of sp³-hybridized carbons (Fsp3) is 0.429. The lowest BCUT2D eigenvalue weighted by molar-refractivity contribution is -0.187. The van der Waals surface area contributed by atoms with Crippen LogP contribution in [0.3, 0.4) is 0 Å². The minimum atomic E-state index is -2.39. The van der Waals surface area contributed by atoms with E-state index in [0.29, 0.717) is 0 Å². The lowest BCUT2D eigenvalue weighted by atomic mass is 9.79. The molecule has 0 amide bonds. The number of carboxylic acids is 1. The molecule has 0 spiro atoms. The van der Waals surface area contributed by atoms with Crippen LogP contribution in [0.2, 0.25) is 0 Å². The number of ether oxygens (including phenoxy) is 1. The van der Waals surface area contributed by atoms with Crippen molar-refractivity contribution in [3.8, 4) is 17.2 Å². The molecule has 24 heavy (non-hydrogen) atoms. The van der Waals surface area contributed by atoms with Crippen LogP contribution in [0.15, 0.2) is 12.1 Å². The molecule has 1 aromatic rings. The first-order chi connectivity index (χ1) is 11.0. The Labute approximate surface area is 134 Å². The molecule has 0 heterocycles. The van der Waals surface area contributed by atoms with E-state index in [2.05, 4.69) is 0 Å². The zero-order valence-electron chi connectivity index (χ0n) is 12.2. The third-order valence-corrected chi connectivity index (χ3v) is 3.82. The van der Waals surface area contributed by atoms with Gasteiger partial charge >= 0.3 is 11.9 Å². The lowest BCUT2D eigenvalue weighted by Crippen LogP contribution is -2.57. The highest BCUT2D eigenvalue weighted by Gasteiger charge is 2.50. The zero-order valence-corrected chi connectivity index (χ0v) is 12.2. The number of aliphatic hydroxyl groups is 3. The van der Waals surface area contributed by atoms with Gasteiger partial charge in [-0.2, -0.15) is 0 Å². The Morgan fingerprint density at radius 3 is 2.12 bits per heavy atom. The first-order valence-corrected chi connectivity index (χ1v) is 6.83. The van der Waals surface area contributed by atoms with Gasteiger partial charge in [0.1, 0.15) is 12.2 Å². The number of aromatic hydroxyl groups is 3. The molecule has 1 aliphatic rings. The molecular weight excluding hydrogens is 328 g/mol. The molecule has 1 aromatic carbocycles. The average Bonchev–Trinajstić information content (AvgIpc) is 2.49. The van der Waals surface area contributed by atoms with Crippen LogP contribution in [0.25, 0.3) is 0 Å². The number of carbonyl (C=O) groups is 2. The minimum absolute atomic E-state index is 0.395. The van der Waals surface area contributed by atoms with Crippen LogP contribution >= 0.6 is 0 Å². The van der Waals surface area contributed by atoms with Crippen LogP contribution in [0.5, 0.6) is 17.2 Å². The Morgan fingerprint density at radius 1 is 1.08 bits per heavy atom. The number of aliphatic carboxylic acids is 1. The van der Waals surface area contributed by atoms with Crippen LogP contribution in [-0.2, 0) is 9.53 Å². The average molecular weight is 344 g/mol. The Hall–Kier alpha value is -2.56. The number of carboxylic acid groups (broad SMARTS) is 1. The summed E-state index contributed by atoms with van der Waals surface area (Å²) in [6.45, 7) is 0. The first kappa shape index (κ1) is 17.8. The van der Waals surface area contributed by atoms with E-state index >= 15 is 0 Å². The summed E-state index contributed by atoms with van der Waals surface area (Å²) in [6, 6.07) is 1.57. The maximum atomic E-state index is 12.0. The molecule has 10 heteroatoms. The summed E-state index contributed by atoms with van der Waals surface area (Å²) < 4.78 is 4.88. The molecule has 10 nitrogen and oxygen atoms in total. The predicted molar refractivity (Wildman–Crippen MR) is 74.5 cm³/mol. The number of hydrogen-bond donors (Lipinski definition) is 7. The van der Waals surface area contributed by atoms with Crippen molar-refractivity contribution < 1.29 is 50.1 Å². The largest absolute Gasteiger partial charge is 0.504 e. The molecule has 0 radical (unpaired) electrons. The summed E-state index contributed by atoms with van der Waals surface area (Å²) in [6.07, 6.45) is -6.12. The molecule has 2 rings (SSSR count). The monoisotopic (exact) mass is 344 g/mol. The van der Waals surface area contributed by atoms with Crippen LogP contribution in [0.4, 0.5) is 0 Å². The fourth-order valence-corrected chi connectivity index (χ4v) is 2.46. The van der Waals surface area contributed by atoms with Gasteiger partial charge in [0.05, 0.1) is 11.7 Å². The summed E-state index contributed by atoms with van der Waals surface area (Å²) in [5.41, 5.74) is -2.78. The van der Waals surface area contributed by atoms with Crippen molar-refractivity contribution in [1.82, 2.24) is 0 Å². The zero-order chi connectivity index (χ0) is 18.2. The molecular formula is C14H16O10. The Kier molecular flexibility index (Phi) is 4.56. The van der Waals surface area contributed by atoms with E-state index in [1.54, 1.807) is 0 Å². The van der Waals surface area contributed by atoms with E-state index in [1.807, 2.05) is 0 Å². The third-order valence-electron chi connectivity index (χ3n) is 3.82. The number of hydrogen-bond acceptors (Lipinski definition) is 9. The van der Waals surface area contributed by atoms with Gasteiger partial charge in [-0.3, -0.25) is 0 Å². The van der Waals surface area contributed by atoms with Gasteiger partial charge in [0, 0.05) is 12.8 Å². The van der Waals surface area contributed by atoms with Gasteiger partial charge < -0.3 is 40.5 Å². The standard InChI is InChI=1S/C14H16O10/c15-6-1-5(2-7(16)10(6)18)12(20)24-9-4-14(23,13(21)22)3-8(17)11(9)19/h1-2,8-9,11,15-19,23H,3-4H2,(H,21,22)/t8-,9+,11+,14-/m0/s1. The second kappa shape index (κ2) is 6.15. The fourth-order valence-electron chi connectivity index (χ4n) is 2.46. The normalized spacial score (nSPS) is 29.9. The highest BCUT2D eigenvalue weighted by Crippen LogP contribution is 2.36. The van der Waals surface area contributed by atoms with Crippen molar-refractivity contribution in [2.75, 3.05) is 0 Å². The molecule has 7 N–H and O–H groups in total. The molecule has 1 saturated carbocycles. The second-order valence-electron chi connectivity index (χ2n) is 5.61. The molecule has 132 valence electrons. The summed E-state index contributed by atoms with van der Waals surface area (Å²) in [5, 5.41) is 66.4. The molecule has 1 aliphatic carbocycles. The van der Waals surface area contributed by atoms with Crippen molar-refractivity contribution in [2.45, 2.75) is 36.8 Å². The van der Waals surface area contributed by atoms with Crippen LogP contribution in [-0.4, -0.2) is 71.6 Å². The van der Waals surface area contributed by atoms with Gasteiger partial charge in [0.25, 0.3) is 0 Å². The third kappa shape index (κ3) is 3.20. The highest BCUT2D eigenvalue weighted by molar-refractivity contribution is 5.91.